The van der Waals surface area contributed by atoms with E-state index in [-0.39, 0.29) is 48.3 Å². The zero-order valence-corrected chi connectivity index (χ0v) is 17.8. The van der Waals surface area contributed by atoms with Crippen molar-refractivity contribution in [1.82, 2.24) is 0 Å². The Morgan fingerprint density at radius 2 is 1.47 bits per heavy atom. The monoisotopic (exact) mass is 536 g/mol. The number of fused-ring (bicyclic) bond motifs is 6. The molecule has 0 saturated carbocycles. The molecular weight excluding hydrogens is 530 g/mol. The van der Waals surface area contributed by atoms with Crippen molar-refractivity contribution in [3.05, 3.63) is 90.9 Å². The maximum absolute atomic E-state index is 14.5. The molecule has 3 aromatic rings. The van der Waals surface area contributed by atoms with Crippen LogP contribution in [0.5, 0.6) is 11.5 Å². The molecule has 3 aromatic carbocycles. The second-order valence-electron chi connectivity index (χ2n) is 6.76. The molecule has 150 valence electrons. The van der Waals surface area contributed by atoms with Gasteiger partial charge in [0.15, 0.2) is 5.60 Å². The summed E-state index contributed by atoms with van der Waals surface area (Å²) in [7, 11) is 0. The molecule has 1 spiro atoms. The second kappa shape index (κ2) is 6.36. The first-order valence-electron chi connectivity index (χ1n) is 8.50. The minimum atomic E-state index is -1.77. The van der Waals surface area contributed by atoms with Gasteiger partial charge in [0.2, 0.25) is 0 Å². The Morgan fingerprint density at radius 1 is 0.900 bits per heavy atom. The van der Waals surface area contributed by atoms with Gasteiger partial charge < -0.3 is 14.6 Å². The maximum Gasteiger partial charge on any atom is 0.340 e. The van der Waals surface area contributed by atoms with Crippen LogP contribution in [0.2, 0.25) is 0 Å². The van der Waals surface area contributed by atoms with Crippen molar-refractivity contribution in [2.24, 2.45) is 0 Å². The largest absolute Gasteiger partial charge is 0.478 e. The van der Waals surface area contributed by atoms with Crippen LogP contribution in [0.3, 0.4) is 0 Å². The van der Waals surface area contributed by atoms with Crippen molar-refractivity contribution < 1.29 is 33.0 Å². The Hall–Kier alpha value is -2.78. The summed E-state index contributed by atoms with van der Waals surface area (Å²) in [5.74, 6) is -2.92. The number of carbonyl (C=O) groups is 2. The predicted octanol–water partition coefficient (Wildman–Crippen LogP) is 5.76. The van der Waals surface area contributed by atoms with Crippen LogP contribution in [0.4, 0.5) is 8.78 Å². The number of hydrogen-bond donors (Lipinski definition) is 1. The minimum Gasteiger partial charge on any atom is -0.478 e. The highest BCUT2D eigenvalue weighted by Gasteiger charge is 2.54. The summed E-state index contributed by atoms with van der Waals surface area (Å²) in [5.41, 5.74) is -1.37. The summed E-state index contributed by atoms with van der Waals surface area (Å²) >= 11 is 6.20. The molecule has 5 rings (SSSR count). The number of rotatable bonds is 1. The number of benzene rings is 3. The van der Waals surface area contributed by atoms with Crippen LogP contribution in [-0.2, 0) is 10.3 Å². The molecule has 0 unspecified atom stereocenters. The van der Waals surface area contributed by atoms with Gasteiger partial charge in [-0.25, -0.2) is 18.4 Å². The van der Waals surface area contributed by atoms with Gasteiger partial charge >= 0.3 is 11.9 Å². The number of carboxylic acid groups (broad SMARTS) is 1. The lowest BCUT2D eigenvalue weighted by molar-refractivity contribution is 0.0222. The number of halogens is 4. The molecule has 0 amide bonds. The fraction of sp³-hybridized carbons (Fsp3) is 0.0476. The van der Waals surface area contributed by atoms with Crippen LogP contribution in [0, 0.1) is 11.6 Å². The molecule has 0 aromatic heterocycles. The van der Waals surface area contributed by atoms with E-state index in [4.69, 9.17) is 9.47 Å². The zero-order chi connectivity index (χ0) is 21.4. The lowest BCUT2D eigenvalue weighted by Gasteiger charge is -2.36. The molecule has 30 heavy (non-hydrogen) atoms. The molecule has 2 aliphatic rings. The van der Waals surface area contributed by atoms with E-state index in [2.05, 4.69) is 31.9 Å². The predicted molar refractivity (Wildman–Crippen MR) is 107 cm³/mol. The van der Waals surface area contributed by atoms with E-state index >= 15 is 0 Å². The first-order chi connectivity index (χ1) is 14.2. The highest BCUT2D eigenvalue weighted by molar-refractivity contribution is 9.10. The average molecular weight is 538 g/mol. The quantitative estimate of drug-likeness (QED) is 0.400. The minimum absolute atomic E-state index is 0.101. The summed E-state index contributed by atoms with van der Waals surface area (Å²) in [6.45, 7) is 0. The number of carbonyl (C=O) groups excluding carboxylic acids is 1. The maximum atomic E-state index is 14.5. The molecule has 0 atom stereocenters. The molecule has 0 fully saturated rings. The van der Waals surface area contributed by atoms with E-state index in [9.17, 15) is 23.5 Å². The highest BCUT2D eigenvalue weighted by atomic mass is 79.9. The first kappa shape index (κ1) is 19.2. The number of ether oxygens (including phenoxy) is 2. The van der Waals surface area contributed by atoms with E-state index in [1.807, 2.05) is 0 Å². The van der Waals surface area contributed by atoms with Gasteiger partial charge in [-0.3, -0.25) is 0 Å². The molecule has 2 aliphatic heterocycles. The molecule has 0 saturated heterocycles. The van der Waals surface area contributed by atoms with Crippen molar-refractivity contribution in [3.8, 4) is 11.5 Å². The van der Waals surface area contributed by atoms with E-state index < -0.39 is 29.2 Å². The van der Waals surface area contributed by atoms with Gasteiger partial charge in [-0.1, -0.05) is 0 Å². The Bertz CT molecular complexity index is 1250. The second-order valence-corrected chi connectivity index (χ2v) is 8.47. The SMILES string of the molecule is O=C(O)c1ccc2c(c1)C1(OC2=O)c2cc(F)c(Br)cc2Oc2cc(Br)c(F)cc21. The van der Waals surface area contributed by atoms with Gasteiger partial charge in [0.25, 0.3) is 0 Å². The zero-order valence-electron chi connectivity index (χ0n) is 14.6. The molecule has 1 N–H and O–H groups in total. The summed E-state index contributed by atoms with van der Waals surface area (Å²) in [5, 5.41) is 9.44. The van der Waals surface area contributed by atoms with Crippen LogP contribution < -0.4 is 4.74 Å². The van der Waals surface area contributed by atoms with Crippen LogP contribution >= 0.6 is 31.9 Å². The molecule has 9 heteroatoms. The van der Waals surface area contributed by atoms with Gasteiger partial charge in [-0.15, -0.1) is 0 Å². The van der Waals surface area contributed by atoms with Gasteiger partial charge in [-0.2, -0.15) is 0 Å². The standard InChI is InChI=1S/C21H8Br2F2O5/c22-13-6-17-11(4-15(13)24)21(12-5-16(25)14(23)7-18(12)29-17)10-3-8(19(26)27)1-2-9(10)20(28)30-21/h1-7H,(H,26,27). The van der Waals surface area contributed by atoms with Crippen LogP contribution in [0.1, 0.15) is 37.4 Å². The molecule has 2 heterocycles. The highest BCUT2D eigenvalue weighted by Crippen LogP contribution is 2.57. The van der Waals surface area contributed by atoms with Crippen molar-refractivity contribution >= 4 is 43.8 Å². The number of carboxylic acids is 1. The fourth-order valence-corrected chi connectivity index (χ4v) is 4.48. The molecule has 0 aliphatic carbocycles. The van der Waals surface area contributed by atoms with Crippen LogP contribution in [-0.4, -0.2) is 17.0 Å². The number of aromatic carboxylic acids is 1. The van der Waals surface area contributed by atoms with Gasteiger partial charge in [-0.05, 0) is 74.3 Å². The van der Waals surface area contributed by atoms with Crippen molar-refractivity contribution in [1.29, 1.82) is 0 Å². The molecule has 0 bridgehead atoms. The molecule has 5 nitrogen and oxygen atoms in total. The first-order valence-corrected chi connectivity index (χ1v) is 10.1. The lowest BCUT2D eigenvalue weighted by Crippen LogP contribution is -2.33. The Balaban J connectivity index is 1.93. The Labute approximate surface area is 184 Å². The van der Waals surface area contributed by atoms with Gasteiger partial charge in [0, 0.05) is 5.56 Å². The van der Waals surface area contributed by atoms with E-state index in [0.717, 1.165) is 12.1 Å². The van der Waals surface area contributed by atoms with Crippen molar-refractivity contribution in [3.63, 3.8) is 0 Å². The number of esters is 1. The van der Waals surface area contributed by atoms with E-state index in [1.54, 1.807) is 0 Å². The Kier molecular flexibility index (Phi) is 4.07. The third kappa shape index (κ3) is 2.48. The third-order valence-electron chi connectivity index (χ3n) is 5.14. The van der Waals surface area contributed by atoms with E-state index in [1.165, 1.54) is 30.3 Å². The van der Waals surface area contributed by atoms with E-state index in [0.29, 0.717) is 0 Å². The summed E-state index contributed by atoms with van der Waals surface area (Å²) in [4.78, 5) is 24.3. The summed E-state index contributed by atoms with van der Waals surface area (Å²) < 4.78 is 40.9. The van der Waals surface area contributed by atoms with Crippen LogP contribution in [0.25, 0.3) is 0 Å². The summed E-state index contributed by atoms with van der Waals surface area (Å²) in [6, 6.07) is 8.87. The normalized spacial score (nSPS) is 15.1. The van der Waals surface area contributed by atoms with Crippen LogP contribution in [0.15, 0.2) is 51.4 Å². The smallest absolute Gasteiger partial charge is 0.340 e. The molecule has 0 radical (unpaired) electrons. The number of hydrogen-bond acceptors (Lipinski definition) is 4. The van der Waals surface area contributed by atoms with Gasteiger partial charge in [0.05, 0.1) is 31.2 Å². The fourth-order valence-electron chi connectivity index (χ4n) is 3.84. The Morgan fingerprint density at radius 3 is 2.00 bits per heavy atom. The topological polar surface area (TPSA) is 72.8 Å². The summed E-state index contributed by atoms with van der Waals surface area (Å²) in [6.07, 6.45) is 0. The van der Waals surface area contributed by atoms with Crippen molar-refractivity contribution in [2.75, 3.05) is 0 Å². The average Bonchev–Trinajstić information content (AvgIpc) is 2.98. The van der Waals surface area contributed by atoms with Gasteiger partial charge in [0.1, 0.15) is 23.1 Å². The molecular formula is C21H8Br2F2O5. The lowest BCUT2D eigenvalue weighted by atomic mass is 9.77. The third-order valence-corrected chi connectivity index (χ3v) is 6.35. The van der Waals surface area contributed by atoms with Crippen molar-refractivity contribution in [2.45, 2.75) is 5.60 Å².